The lowest BCUT2D eigenvalue weighted by atomic mass is 9.88. The van der Waals surface area contributed by atoms with Crippen LogP contribution in [0, 0.1) is 35.5 Å². The van der Waals surface area contributed by atoms with Crippen molar-refractivity contribution < 1.29 is 171 Å². The molecule has 0 aromatic rings. The molecule has 36 nitrogen and oxygen atoms in total. The smallest absolute Gasteiger partial charge is 0.303 e. The predicted octanol–water partition coefficient (Wildman–Crippen LogP) is 3.08. The summed E-state index contributed by atoms with van der Waals surface area (Å²) < 4.78 is 146. The van der Waals surface area contributed by atoms with Crippen molar-refractivity contribution in [3.63, 3.8) is 0 Å². The first-order chi connectivity index (χ1) is 49.8. The van der Waals surface area contributed by atoms with Crippen molar-refractivity contribution >= 4 is 83.2 Å². The molecule has 6 saturated heterocycles. The second-order valence-electron chi connectivity index (χ2n) is 26.9. The van der Waals surface area contributed by atoms with Crippen LogP contribution in [0.15, 0.2) is 0 Å². The molecule has 0 aromatic carbocycles. The van der Waals surface area contributed by atoms with Crippen LogP contribution in [0.4, 0.5) is 0 Å². The SMILES string of the molecule is CC[C@H]1O[C@@H](OCC2O[C@@H](OCC3O[C@@H](OCC4O[C@@H](OCC5O[C@@H](OCC6O[C@@H](OCCCl)[C@H](OC(C)=O)[C@@H](OC(C)=O)[C@@H]6C)[C@H](OC(C)=O)[C@@H](OC(C)=O)[C@@H]5C)[C@H](OC(C)=O)[C@@H](OC(C)=O)[C@@H]4C)[C@H](OC(C)=O)[C@@H](OC(C)=O)[C@@H]3C)[C@H](OC(C)=O)[C@@H](OC(C)=O)[C@@H]2C)[C@H](OC(C)=O)[C@@H](OC(C)=O)[C@@H]1C. The highest BCUT2D eigenvalue weighted by atomic mass is 35.5. The Kier molecular flexibility index (Phi) is 34.0. The number of hydrogen-bond donors (Lipinski definition) is 0. The van der Waals surface area contributed by atoms with Gasteiger partial charge in [0.25, 0.3) is 0 Å². The van der Waals surface area contributed by atoms with Crippen LogP contribution < -0.4 is 0 Å². The Morgan fingerprint density at radius 2 is 0.377 bits per heavy atom. The molecule has 6 aliphatic heterocycles. The number of carbonyl (C=O) groups excluding carboxylic acids is 12. The van der Waals surface area contributed by atoms with Crippen molar-refractivity contribution in [3.8, 4) is 0 Å². The van der Waals surface area contributed by atoms with Crippen LogP contribution in [0.2, 0.25) is 0 Å². The zero-order valence-corrected chi connectivity index (χ0v) is 63.8. The van der Waals surface area contributed by atoms with Crippen molar-refractivity contribution in [2.75, 3.05) is 45.5 Å². The fourth-order valence-corrected chi connectivity index (χ4v) is 13.7. The minimum atomic E-state index is -1.69. The van der Waals surface area contributed by atoms with Gasteiger partial charge < -0.3 is 114 Å². The molecular weight excluding hydrogens is 1440 g/mol. The first-order valence-corrected chi connectivity index (χ1v) is 35.6. The second kappa shape index (κ2) is 40.8. The Labute approximate surface area is 618 Å². The third-order valence-corrected chi connectivity index (χ3v) is 18.7. The van der Waals surface area contributed by atoms with Crippen LogP contribution in [0.1, 0.15) is 138 Å². The quantitative estimate of drug-likeness (QED) is 0.0546. The molecule has 0 bridgehead atoms. The molecule has 0 aromatic heterocycles. The summed E-state index contributed by atoms with van der Waals surface area (Å²) in [5, 5.41) is 0. The molecule has 6 heterocycles. The number of alkyl halides is 1. The molecule has 0 amide bonds. The predicted molar refractivity (Wildman–Crippen MR) is 350 cm³/mol. The van der Waals surface area contributed by atoms with E-state index in [4.69, 9.17) is 125 Å². The van der Waals surface area contributed by atoms with E-state index in [1.165, 1.54) is 13.8 Å². The molecule has 0 spiro atoms. The van der Waals surface area contributed by atoms with Crippen molar-refractivity contribution in [3.05, 3.63) is 0 Å². The molecule has 6 aliphatic rings. The maximum atomic E-state index is 13.0. The molecule has 30 atom stereocenters. The van der Waals surface area contributed by atoms with Gasteiger partial charge in [-0.05, 0) is 6.42 Å². The van der Waals surface area contributed by atoms with E-state index in [0.29, 0.717) is 6.42 Å². The van der Waals surface area contributed by atoms with Crippen LogP contribution in [0.3, 0.4) is 0 Å². The Balaban J connectivity index is 1.30. The molecule has 0 N–H and O–H groups in total. The molecule has 37 heteroatoms. The Morgan fingerprint density at radius 3 is 0.528 bits per heavy atom. The first kappa shape index (κ1) is 88.4. The number of rotatable bonds is 31. The van der Waals surface area contributed by atoms with Gasteiger partial charge in [-0.3, -0.25) is 57.5 Å². The third-order valence-electron chi connectivity index (χ3n) is 18.5. The monoisotopic (exact) mass is 1540 g/mol. The maximum absolute atomic E-state index is 13.0. The highest BCUT2D eigenvalue weighted by molar-refractivity contribution is 6.18. The van der Waals surface area contributed by atoms with Crippen molar-refractivity contribution in [1.29, 1.82) is 0 Å². The molecule has 602 valence electrons. The number of ether oxygens (including phenoxy) is 24. The van der Waals surface area contributed by atoms with Gasteiger partial charge in [0, 0.05) is 124 Å². The van der Waals surface area contributed by atoms with Gasteiger partial charge in [0.05, 0.1) is 76.3 Å². The van der Waals surface area contributed by atoms with Gasteiger partial charge in [0.1, 0.15) is 36.6 Å². The maximum Gasteiger partial charge on any atom is 0.303 e. The summed E-state index contributed by atoms with van der Waals surface area (Å²) in [6, 6.07) is 0. The molecule has 5 unspecified atom stereocenters. The summed E-state index contributed by atoms with van der Waals surface area (Å²) in [4.78, 5) is 153. The van der Waals surface area contributed by atoms with Crippen LogP contribution in [-0.2, 0) is 171 Å². The standard InChI is InChI=1S/C69H103ClO36/c1-20-46-28(2)52(89-34(8)71)59(96-41(15)78)65(101-46)84-24-48-30(4)54(91-36(10)73)61(98-43(17)80)67(103-48)86-26-50-32(6)56(93-38(12)75)63(100-45(19)82)69(105-50)88-27-51-33(7)57(94-39(13)76)62(99-44(18)81)68(106-51)87-25-49-31(5)55(92-37(11)74)60(97-42(16)79)66(104-49)85-23-47-29(3)53(90-35(9)72)58(95-40(14)77)64(102-47)83-22-21-70/h28-33,46-69H,20-27H2,1-19H3/t28-,29-,30-,31-,32-,33-,46-,47?,48?,49?,50?,51?,52+,53+,54+,55+,56+,57+,58-,59-,60-,61-,62-,63-,64-,65-,66-,67-,68-,69-/m1/s1. The van der Waals surface area contributed by atoms with Gasteiger partial charge in [-0.25, -0.2) is 0 Å². The fraction of sp³-hybridized carbons (Fsp3) is 0.826. The summed E-state index contributed by atoms with van der Waals surface area (Å²) >= 11 is 5.96. The van der Waals surface area contributed by atoms with E-state index in [9.17, 15) is 57.5 Å². The Hall–Kier alpha value is -6.55. The lowest BCUT2D eigenvalue weighted by Gasteiger charge is -2.48. The highest BCUT2D eigenvalue weighted by Crippen LogP contribution is 2.41. The number of hydrogen-bond acceptors (Lipinski definition) is 36. The normalized spacial score (nSPS) is 37.2. The molecule has 0 radical (unpaired) electrons. The Morgan fingerprint density at radius 1 is 0.236 bits per heavy atom. The van der Waals surface area contributed by atoms with E-state index in [1.807, 2.05) is 6.92 Å². The third kappa shape index (κ3) is 24.5. The number of carbonyl (C=O) groups is 12. The van der Waals surface area contributed by atoms with Gasteiger partial charge in [-0.1, -0.05) is 48.5 Å². The van der Waals surface area contributed by atoms with Crippen LogP contribution >= 0.6 is 11.6 Å². The average Bonchev–Trinajstić information content (AvgIpc) is 0.793. The van der Waals surface area contributed by atoms with Gasteiger partial charge in [0.2, 0.25) is 0 Å². The van der Waals surface area contributed by atoms with Gasteiger partial charge in [-0.15, -0.1) is 11.6 Å². The zero-order valence-electron chi connectivity index (χ0n) is 63.1. The largest absolute Gasteiger partial charge is 0.458 e. The Bertz CT molecular complexity index is 3010. The van der Waals surface area contributed by atoms with Crippen LogP contribution in [0.25, 0.3) is 0 Å². The molecular formula is C69H103ClO36. The van der Waals surface area contributed by atoms with E-state index in [-0.39, 0.29) is 19.1 Å². The van der Waals surface area contributed by atoms with Crippen LogP contribution in [-0.4, -0.2) is 265 Å². The van der Waals surface area contributed by atoms with Gasteiger partial charge in [0.15, 0.2) is 74.4 Å². The fourth-order valence-electron chi connectivity index (χ4n) is 13.7. The number of halogens is 1. The summed E-state index contributed by atoms with van der Waals surface area (Å²) in [5.41, 5.74) is 0. The van der Waals surface area contributed by atoms with Crippen LogP contribution in [0.5, 0.6) is 0 Å². The first-order valence-electron chi connectivity index (χ1n) is 35.1. The minimum absolute atomic E-state index is 0.00662. The highest BCUT2D eigenvalue weighted by Gasteiger charge is 2.57. The molecule has 0 aliphatic carbocycles. The topological polar surface area (TPSA) is 426 Å². The van der Waals surface area contributed by atoms with Crippen molar-refractivity contribution in [1.82, 2.24) is 0 Å². The van der Waals surface area contributed by atoms with Gasteiger partial charge >= 0.3 is 71.6 Å². The average molecular weight is 1540 g/mol. The second-order valence-corrected chi connectivity index (χ2v) is 27.3. The zero-order chi connectivity index (χ0) is 78.9. The molecule has 6 fully saturated rings. The van der Waals surface area contributed by atoms with E-state index >= 15 is 0 Å². The van der Waals surface area contributed by atoms with Crippen molar-refractivity contribution in [2.24, 2.45) is 35.5 Å². The molecule has 6 rings (SSSR count). The van der Waals surface area contributed by atoms with E-state index in [0.717, 1.165) is 69.2 Å². The van der Waals surface area contributed by atoms with Crippen molar-refractivity contribution in [2.45, 2.75) is 286 Å². The van der Waals surface area contributed by atoms with Gasteiger partial charge in [-0.2, -0.15) is 0 Å². The van der Waals surface area contributed by atoms with E-state index in [1.54, 1.807) is 41.5 Å². The summed E-state index contributed by atoms with van der Waals surface area (Å²) in [6.07, 6.45) is -31.2. The lowest BCUT2D eigenvalue weighted by Crippen LogP contribution is -2.62. The van der Waals surface area contributed by atoms with E-state index in [2.05, 4.69) is 0 Å². The summed E-state index contributed by atoms with van der Waals surface area (Å²) in [5.74, 6) is -14.4. The minimum Gasteiger partial charge on any atom is -0.458 e. The summed E-state index contributed by atoms with van der Waals surface area (Å²) in [7, 11) is 0. The summed E-state index contributed by atoms with van der Waals surface area (Å²) in [6.45, 7) is 22.7. The lowest BCUT2D eigenvalue weighted by molar-refractivity contribution is -0.343. The molecule has 0 saturated carbocycles. The molecule has 106 heavy (non-hydrogen) atoms. The number of esters is 12. The van der Waals surface area contributed by atoms with E-state index < -0.39 is 281 Å².